The number of nitrogens with one attached hydrogen (secondary N) is 1. The molecule has 4 heterocycles. The van der Waals surface area contributed by atoms with E-state index in [1.54, 1.807) is 4.57 Å². The maximum Gasteiger partial charge on any atom is 0.344 e. The van der Waals surface area contributed by atoms with Gasteiger partial charge >= 0.3 is 5.69 Å². The van der Waals surface area contributed by atoms with E-state index in [0.717, 1.165) is 30.8 Å². The molecule has 0 aliphatic carbocycles. The van der Waals surface area contributed by atoms with Crippen LogP contribution in [-0.2, 0) is 11.3 Å². The van der Waals surface area contributed by atoms with Crippen LogP contribution in [0.4, 0.5) is 0 Å². The molecule has 0 amide bonds. The van der Waals surface area contributed by atoms with Crippen LogP contribution in [-0.4, -0.2) is 48.7 Å². The molecule has 10 heteroatoms. The first-order valence-electron chi connectivity index (χ1n) is 9.49. The third-order valence-corrected chi connectivity index (χ3v) is 6.02. The van der Waals surface area contributed by atoms with Crippen molar-refractivity contribution >= 4 is 17.5 Å². The van der Waals surface area contributed by atoms with Gasteiger partial charge in [-0.3, -0.25) is 13.9 Å². The molecule has 9 nitrogen and oxygen atoms in total. The molecule has 1 atom stereocenters. The van der Waals surface area contributed by atoms with Gasteiger partial charge in [0, 0.05) is 29.6 Å². The summed E-state index contributed by atoms with van der Waals surface area (Å²) in [6.07, 6.45) is 1.94. The first-order valence-corrected chi connectivity index (χ1v) is 10.5. The van der Waals surface area contributed by atoms with Crippen LogP contribution in [0.2, 0.25) is 0 Å². The quantitative estimate of drug-likeness (QED) is 0.465. The van der Waals surface area contributed by atoms with Crippen molar-refractivity contribution < 1.29 is 14.1 Å². The molecule has 29 heavy (non-hydrogen) atoms. The summed E-state index contributed by atoms with van der Waals surface area (Å²) < 4.78 is 14.2. The SMILES string of the molecule is Cc1cc(-n2c(C)cc(C(=O)CSc3n[nH]c(=O)n3C[C@H]3CCCO3)c2C)no1. The van der Waals surface area contributed by atoms with Gasteiger partial charge < -0.3 is 9.26 Å². The zero-order chi connectivity index (χ0) is 20.5. The standard InChI is InChI=1S/C19H23N5O4S/c1-11-7-15(13(3)24(11)17-8-12(2)28-22-17)16(25)10-29-19-21-20-18(26)23(19)9-14-5-4-6-27-14/h7-8,14H,4-6,9-10H2,1-3H3,(H,20,26)/t14-/m1/s1. The van der Waals surface area contributed by atoms with Crippen LogP contribution >= 0.6 is 11.8 Å². The van der Waals surface area contributed by atoms with Crippen LogP contribution in [0.1, 0.15) is 40.3 Å². The number of thioether (sulfide) groups is 1. The van der Waals surface area contributed by atoms with Gasteiger partial charge in [0.05, 0.1) is 18.4 Å². The number of ketones is 1. The number of nitrogens with zero attached hydrogens (tertiary/aromatic N) is 4. The van der Waals surface area contributed by atoms with Gasteiger partial charge in [-0.15, -0.1) is 5.10 Å². The molecular formula is C19H23N5O4S. The summed E-state index contributed by atoms with van der Waals surface area (Å²) in [6, 6.07) is 3.68. The Balaban J connectivity index is 1.49. The van der Waals surface area contributed by atoms with E-state index in [-0.39, 0.29) is 23.3 Å². The van der Waals surface area contributed by atoms with E-state index in [1.807, 2.05) is 37.5 Å². The fourth-order valence-corrected chi connectivity index (χ4v) is 4.47. The first-order chi connectivity index (χ1) is 13.9. The fourth-order valence-electron chi connectivity index (χ4n) is 3.63. The van der Waals surface area contributed by atoms with E-state index >= 15 is 0 Å². The zero-order valence-electron chi connectivity index (χ0n) is 16.6. The Bertz CT molecular complexity index is 1090. The smallest absolute Gasteiger partial charge is 0.344 e. The van der Waals surface area contributed by atoms with E-state index in [1.165, 1.54) is 11.8 Å². The molecule has 1 saturated heterocycles. The molecule has 0 aromatic carbocycles. The molecule has 154 valence electrons. The molecule has 0 saturated carbocycles. The number of hydrogen-bond donors (Lipinski definition) is 1. The number of rotatable bonds is 7. The van der Waals surface area contributed by atoms with Crippen molar-refractivity contribution in [3.05, 3.63) is 45.3 Å². The maximum absolute atomic E-state index is 12.9. The Labute approximate surface area is 171 Å². The second-order valence-electron chi connectivity index (χ2n) is 7.18. The summed E-state index contributed by atoms with van der Waals surface area (Å²) in [4.78, 5) is 25.0. The average molecular weight is 417 g/mol. The number of hydrogen-bond acceptors (Lipinski definition) is 7. The minimum atomic E-state index is -0.282. The van der Waals surface area contributed by atoms with E-state index in [4.69, 9.17) is 9.26 Å². The molecule has 0 radical (unpaired) electrons. The lowest BCUT2D eigenvalue weighted by Crippen LogP contribution is -2.25. The van der Waals surface area contributed by atoms with Gasteiger partial charge in [0.25, 0.3) is 0 Å². The van der Waals surface area contributed by atoms with Crippen molar-refractivity contribution in [2.24, 2.45) is 0 Å². The number of aromatic amines is 1. The lowest BCUT2D eigenvalue weighted by Gasteiger charge is -2.10. The van der Waals surface area contributed by atoms with Gasteiger partial charge in [-0.1, -0.05) is 16.9 Å². The number of ether oxygens (including phenoxy) is 1. The van der Waals surface area contributed by atoms with Gasteiger partial charge in [-0.05, 0) is 39.7 Å². The van der Waals surface area contributed by atoms with Crippen molar-refractivity contribution in [2.45, 2.75) is 51.4 Å². The number of aryl methyl sites for hydroxylation is 2. The summed E-state index contributed by atoms with van der Waals surface area (Å²) in [5.74, 6) is 1.51. The van der Waals surface area contributed by atoms with Gasteiger partial charge in [-0.25, -0.2) is 9.89 Å². The Kier molecular flexibility index (Phi) is 5.46. The largest absolute Gasteiger partial charge is 0.376 e. The third-order valence-electron chi connectivity index (χ3n) is 5.04. The van der Waals surface area contributed by atoms with Crippen LogP contribution in [0, 0.1) is 20.8 Å². The summed E-state index contributed by atoms with van der Waals surface area (Å²) in [6.45, 7) is 6.81. The van der Waals surface area contributed by atoms with E-state index in [9.17, 15) is 9.59 Å². The normalized spacial score (nSPS) is 16.6. The zero-order valence-corrected chi connectivity index (χ0v) is 17.4. The number of carbonyl (C=O) groups is 1. The topological polar surface area (TPSA) is 108 Å². The molecule has 1 aliphatic rings. The number of aromatic nitrogens is 5. The molecule has 4 rings (SSSR count). The summed E-state index contributed by atoms with van der Waals surface area (Å²) in [5, 5.41) is 11.1. The molecule has 0 spiro atoms. The number of Topliss-reactive ketones (excluding diaryl/α,β-unsaturated/α-hetero) is 1. The fraction of sp³-hybridized carbons (Fsp3) is 0.474. The molecule has 1 aliphatic heterocycles. The molecule has 0 bridgehead atoms. The molecular weight excluding hydrogens is 394 g/mol. The second kappa shape index (κ2) is 8.03. The monoisotopic (exact) mass is 417 g/mol. The molecule has 3 aromatic rings. The van der Waals surface area contributed by atoms with Crippen LogP contribution in [0.5, 0.6) is 0 Å². The highest BCUT2D eigenvalue weighted by Gasteiger charge is 2.22. The van der Waals surface area contributed by atoms with E-state index in [2.05, 4.69) is 15.4 Å². The highest BCUT2D eigenvalue weighted by atomic mass is 32.2. The van der Waals surface area contributed by atoms with Crippen LogP contribution in [0.3, 0.4) is 0 Å². The van der Waals surface area contributed by atoms with Gasteiger partial charge in [0.1, 0.15) is 5.76 Å². The predicted molar refractivity (Wildman–Crippen MR) is 107 cm³/mol. The number of carbonyl (C=O) groups excluding carboxylic acids is 1. The second-order valence-corrected chi connectivity index (χ2v) is 8.13. The predicted octanol–water partition coefficient (Wildman–Crippen LogP) is 2.43. The Hall–Kier alpha value is -2.59. The van der Waals surface area contributed by atoms with Crippen molar-refractivity contribution in [3.63, 3.8) is 0 Å². The van der Waals surface area contributed by atoms with Gasteiger partial charge in [-0.2, -0.15) is 0 Å². The highest BCUT2D eigenvalue weighted by molar-refractivity contribution is 7.99. The lowest BCUT2D eigenvalue weighted by atomic mass is 10.2. The Morgan fingerprint density at radius 1 is 1.34 bits per heavy atom. The first kappa shape index (κ1) is 19.7. The average Bonchev–Trinajstić information content (AvgIpc) is 3.46. The minimum Gasteiger partial charge on any atom is -0.376 e. The number of H-pyrrole nitrogens is 1. The van der Waals surface area contributed by atoms with Crippen molar-refractivity contribution in [1.29, 1.82) is 0 Å². The van der Waals surface area contributed by atoms with E-state index < -0.39 is 0 Å². The molecule has 1 fully saturated rings. The summed E-state index contributed by atoms with van der Waals surface area (Å²) in [7, 11) is 0. The Morgan fingerprint density at radius 2 is 2.17 bits per heavy atom. The molecule has 3 aromatic heterocycles. The molecule has 1 N–H and O–H groups in total. The minimum absolute atomic E-state index is 0.0187. The van der Waals surface area contributed by atoms with Crippen molar-refractivity contribution in [3.8, 4) is 5.82 Å². The maximum atomic E-state index is 12.9. The third kappa shape index (κ3) is 3.95. The van der Waals surface area contributed by atoms with Crippen LogP contribution < -0.4 is 5.69 Å². The Morgan fingerprint density at radius 3 is 2.86 bits per heavy atom. The van der Waals surface area contributed by atoms with Crippen molar-refractivity contribution in [1.82, 2.24) is 24.5 Å². The highest BCUT2D eigenvalue weighted by Crippen LogP contribution is 2.24. The van der Waals surface area contributed by atoms with Crippen LogP contribution in [0.25, 0.3) is 5.82 Å². The van der Waals surface area contributed by atoms with E-state index in [0.29, 0.717) is 28.8 Å². The lowest BCUT2D eigenvalue weighted by molar-refractivity contribution is 0.0941. The van der Waals surface area contributed by atoms with Gasteiger partial charge in [0.15, 0.2) is 16.8 Å². The molecule has 0 unspecified atom stereocenters. The van der Waals surface area contributed by atoms with Crippen LogP contribution in [0.15, 0.2) is 26.6 Å². The van der Waals surface area contributed by atoms with Crippen molar-refractivity contribution in [2.75, 3.05) is 12.4 Å². The summed E-state index contributed by atoms with van der Waals surface area (Å²) in [5.41, 5.74) is 2.05. The summed E-state index contributed by atoms with van der Waals surface area (Å²) >= 11 is 1.25. The van der Waals surface area contributed by atoms with Gasteiger partial charge in [0.2, 0.25) is 0 Å².